The van der Waals surface area contributed by atoms with Crippen molar-refractivity contribution < 1.29 is 4.74 Å². The van der Waals surface area contributed by atoms with E-state index in [1.165, 1.54) is 0 Å². The van der Waals surface area contributed by atoms with Crippen LogP contribution in [0.4, 0.5) is 5.82 Å². The minimum atomic E-state index is 0.467. The first-order chi connectivity index (χ1) is 8.74. The first kappa shape index (κ1) is 13.1. The van der Waals surface area contributed by atoms with Gasteiger partial charge in [0.05, 0.1) is 19.0 Å². The number of ether oxygens (including phenoxy) is 1. The molecule has 2 rings (SSSR count). The van der Waals surface area contributed by atoms with Gasteiger partial charge in [0, 0.05) is 12.6 Å². The Morgan fingerprint density at radius 2 is 2.33 bits per heavy atom. The van der Waals surface area contributed by atoms with Gasteiger partial charge in [0.1, 0.15) is 0 Å². The minimum absolute atomic E-state index is 0.467. The maximum absolute atomic E-state index is 5.74. The molecule has 18 heavy (non-hydrogen) atoms. The Hall–Kier alpha value is -1.36. The molecule has 5 nitrogen and oxygen atoms in total. The summed E-state index contributed by atoms with van der Waals surface area (Å²) >= 11 is 0. The van der Waals surface area contributed by atoms with Crippen LogP contribution in [0.25, 0.3) is 0 Å². The van der Waals surface area contributed by atoms with Crippen LogP contribution in [0.2, 0.25) is 0 Å². The largest absolute Gasteiger partial charge is 0.477 e. The molecule has 0 radical (unpaired) electrons. The average molecular weight is 250 g/mol. The molecule has 0 spiro atoms. The van der Waals surface area contributed by atoms with Crippen LogP contribution < -0.4 is 15.4 Å². The first-order valence-corrected chi connectivity index (χ1v) is 6.66. The molecule has 1 aromatic heterocycles. The number of nitrogens with two attached hydrogens (primary N) is 1. The highest BCUT2D eigenvalue weighted by molar-refractivity contribution is 5.40. The molecule has 1 fully saturated rings. The van der Waals surface area contributed by atoms with Gasteiger partial charge < -0.3 is 15.4 Å². The summed E-state index contributed by atoms with van der Waals surface area (Å²) in [5, 5.41) is 0. The normalized spacial score (nSPS) is 23.4. The molecule has 1 aliphatic heterocycles. The zero-order valence-corrected chi connectivity index (χ0v) is 11.2. The molecule has 1 aliphatic rings. The predicted molar refractivity (Wildman–Crippen MR) is 71.8 cm³/mol. The molecule has 100 valence electrons. The first-order valence-electron chi connectivity index (χ1n) is 6.66. The van der Waals surface area contributed by atoms with E-state index < -0.39 is 0 Å². The highest BCUT2D eigenvalue weighted by Crippen LogP contribution is 2.27. The second-order valence-electron chi connectivity index (χ2n) is 4.90. The fourth-order valence-electron chi connectivity index (χ4n) is 2.39. The molecule has 1 aromatic rings. The van der Waals surface area contributed by atoms with E-state index in [1.54, 1.807) is 12.4 Å². The lowest BCUT2D eigenvalue weighted by Gasteiger charge is -2.22. The maximum atomic E-state index is 5.74. The Kier molecular flexibility index (Phi) is 4.36. The van der Waals surface area contributed by atoms with Crippen molar-refractivity contribution in [2.75, 3.05) is 24.6 Å². The van der Waals surface area contributed by atoms with Crippen LogP contribution in [-0.2, 0) is 0 Å². The number of nitrogens with zero attached hydrogens (tertiary/aromatic N) is 3. The standard InChI is InChI=1S/C13H22N4O/c1-3-4-18-13-8-15-7-12(16-13)17-9-11(6-14)5-10(17)2/h7-8,10-11H,3-6,9,14H2,1-2H3. The summed E-state index contributed by atoms with van der Waals surface area (Å²) in [7, 11) is 0. The van der Waals surface area contributed by atoms with Gasteiger partial charge >= 0.3 is 0 Å². The Morgan fingerprint density at radius 3 is 3.00 bits per heavy atom. The van der Waals surface area contributed by atoms with E-state index >= 15 is 0 Å². The zero-order chi connectivity index (χ0) is 13.0. The molecule has 0 amide bonds. The molecule has 0 bridgehead atoms. The van der Waals surface area contributed by atoms with E-state index in [4.69, 9.17) is 10.5 Å². The SMILES string of the molecule is CCCOc1cncc(N2CC(CN)CC2C)n1. The summed E-state index contributed by atoms with van der Waals surface area (Å²) in [4.78, 5) is 11.0. The molecule has 2 atom stereocenters. The molecular formula is C13H22N4O. The summed E-state index contributed by atoms with van der Waals surface area (Å²) < 4.78 is 5.52. The van der Waals surface area contributed by atoms with Gasteiger partial charge in [0.25, 0.3) is 0 Å². The second-order valence-corrected chi connectivity index (χ2v) is 4.90. The summed E-state index contributed by atoms with van der Waals surface area (Å²) in [5.74, 6) is 2.06. The van der Waals surface area contributed by atoms with E-state index in [1.807, 2.05) is 0 Å². The maximum Gasteiger partial charge on any atom is 0.234 e. The van der Waals surface area contributed by atoms with E-state index in [0.717, 1.165) is 31.7 Å². The van der Waals surface area contributed by atoms with Gasteiger partial charge in [-0.1, -0.05) is 6.92 Å². The quantitative estimate of drug-likeness (QED) is 0.856. The van der Waals surface area contributed by atoms with E-state index in [2.05, 4.69) is 28.7 Å². The Labute approximate surface area is 108 Å². The average Bonchev–Trinajstić information content (AvgIpc) is 2.78. The highest BCUT2D eigenvalue weighted by Gasteiger charge is 2.29. The Morgan fingerprint density at radius 1 is 1.50 bits per heavy atom. The summed E-state index contributed by atoms with van der Waals surface area (Å²) in [6.45, 7) is 6.66. The topological polar surface area (TPSA) is 64.3 Å². The van der Waals surface area contributed by atoms with Gasteiger partial charge in [-0.05, 0) is 32.2 Å². The molecular weight excluding hydrogens is 228 g/mol. The third-order valence-electron chi connectivity index (χ3n) is 3.34. The van der Waals surface area contributed by atoms with Gasteiger partial charge in [-0.3, -0.25) is 4.98 Å². The molecule has 2 heterocycles. The fraction of sp³-hybridized carbons (Fsp3) is 0.692. The van der Waals surface area contributed by atoms with Gasteiger partial charge in [-0.2, -0.15) is 4.98 Å². The minimum Gasteiger partial charge on any atom is -0.477 e. The van der Waals surface area contributed by atoms with Crippen molar-refractivity contribution in [3.8, 4) is 5.88 Å². The fourth-order valence-corrected chi connectivity index (χ4v) is 2.39. The van der Waals surface area contributed by atoms with Gasteiger partial charge in [0.15, 0.2) is 5.82 Å². The third kappa shape index (κ3) is 2.90. The van der Waals surface area contributed by atoms with Crippen molar-refractivity contribution in [3.63, 3.8) is 0 Å². The lowest BCUT2D eigenvalue weighted by atomic mass is 10.1. The molecule has 0 aliphatic carbocycles. The van der Waals surface area contributed by atoms with Crippen LogP contribution in [0.15, 0.2) is 12.4 Å². The van der Waals surface area contributed by atoms with Crippen molar-refractivity contribution in [1.29, 1.82) is 0 Å². The Balaban J connectivity index is 2.08. The number of anilines is 1. The van der Waals surface area contributed by atoms with Crippen LogP contribution in [0.1, 0.15) is 26.7 Å². The third-order valence-corrected chi connectivity index (χ3v) is 3.34. The van der Waals surface area contributed by atoms with Gasteiger partial charge in [-0.25, -0.2) is 0 Å². The monoisotopic (exact) mass is 250 g/mol. The Bertz CT molecular complexity index is 385. The van der Waals surface area contributed by atoms with Crippen LogP contribution in [0.5, 0.6) is 5.88 Å². The van der Waals surface area contributed by atoms with Crippen molar-refractivity contribution in [3.05, 3.63) is 12.4 Å². The molecule has 5 heteroatoms. The van der Waals surface area contributed by atoms with Crippen LogP contribution >= 0.6 is 0 Å². The molecule has 0 aromatic carbocycles. The summed E-state index contributed by atoms with van der Waals surface area (Å²) in [5.41, 5.74) is 5.74. The lowest BCUT2D eigenvalue weighted by molar-refractivity contribution is 0.304. The smallest absolute Gasteiger partial charge is 0.234 e. The van der Waals surface area contributed by atoms with E-state index in [-0.39, 0.29) is 0 Å². The van der Waals surface area contributed by atoms with Gasteiger partial charge in [0.2, 0.25) is 5.88 Å². The van der Waals surface area contributed by atoms with Crippen LogP contribution in [-0.4, -0.2) is 35.7 Å². The molecule has 2 N–H and O–H groups in total. The number of hydrogen-bond donors (Lipinski definition) is 1. The van der Waals surface area contributed by atoms with E-state index in [0.29, 0.717) is 24.4 Å². The number of rotatable bonds is 5. The second kappa shape index (κ2) is 6.00. The van der Waals surface area contributed by atoms with Crippen LogP contribution in [0, 0.1) is 5.92 Å². The molecule has 2 unspecified atom stereocenters. The lowest BCUT2D eigenvalue weighted by Crippen LogP contribution is -2.28. The van der Waals surface area contributed by atoms with Crippen molar-refractivity contribution in [2.45, 2.75) is 32.7 Å². The molecule has 1 saturated heterocycles. The van der Waals surface area contributed by atoms with Crippen molar-refractivity contribution in [2.24, 2.45) is 11.7 Å². The van der Waals surface area contributed by atoms with Crippen LogP contribution in [0.3, 0.4) is 0 Å². The van der Waals surface area contributed by atoms with Crippen molar-refractivity contribution in [1.82, 2.24) is 9.97 Å². The number of hydrogen-bond acceptors (Lipinski definition) is 5. The summed E-state index contributed by atoms with van der Waals surface area (Å²) in [6, 6.07) is 0.467. The molecule has 0 saturated carbocycles. The predicted octanol–water partition coefficient (Wildman–Crippen LogP) is 1.44. The van der Waals surface area contributed by atoms with Gasteiger partial charge in [-0.15, -0.1) is 0 Å². The zero-order valence-electron chi connectivity index (χ0n) is 11.2. The highest BCUT2D eigenvalue weighted by atomic mass is 16.5. The van der Waals surface area contributed by atoms with Crippen molar-refractivity contribution >= 4 is 5.82 Å². The summed E-state index contributed by atoms with van der Waals surface area (Å²) in [6.07, 6.45) is 5.56. The number of aromatic nitrogens is 2. The van der Waals surface area contributed by atoms with E-state index in [9.17, 15) is 0 Å².